The molecule has 1 saturated carbocycles. The highest BCUT2D eigenvalue weighted by Gasteiger charge is 2.48. The molecule has 43 heteroatoms. The zero-order chi connectivity index (χ0) is 99.3. The normalized spacial score (nSPS) is 12.7. The van der Waals surface area contributed by atoms with E-state index in [1.807, 2.05) is 0 Å². The Hall–Kier alpha value is -14.4. The number of aryl methyl sites for hydroxylation is 4. The minimum absolute atomic E-state index is 0. The van der Waals surface area contributed by atoms with Gasteiger partial charge in [0, 0.05) is 68.1 Å². The van der Waals surface area contributed by atoms with Gasteiger partial charge in [-0.05, 0) is 138 Å². The number of Topliss-reactive ketones (excluding diaryl/α,β-unsaturated/α-hetero) is 4. The van der Waals surface area contributed by atoms with Gasteiger partial charge in [0.25, 0.3) is 49.3 Å². The molecule has 4 amide bonds. The highest BCUT2D eigenvalue weighted by atomic mass is 35.5. The van der Waals surface area contributed by atoms with Gasteiger partial charge in [-0.3, -0.25) is 38.4 Å². The summed E-state index contributed by atoms with van der Waals surface area (Å²) in [5, 5.41) is 25.4. The van der Waals surface area contributed by atoms with Crippen LogP contribution in [0.4, 0.5) is 70.2 Å². The molecule has 0 bridgehead atoms. The van der Waals surface area contributed by atoms with Gasteiger partial charge in [-0.25, -0.2) is 53.9 Å². The summed E-state index contributed by atoms with van der Waals surface area (Å²) in [4.78, 5) is 98.0. The van der Waals surface area contributed by atoms with Crippen LogP contribution in [-0.4, -0.2) is 92.5 Å². The zero-order valence-corrected chi connectivity index (χ0v) is 74.1. The second-order valence-corrected chi connectivity index (χ2v) is 31.0. The average Bonchev–Trinajstić information content (AvgIpc) is 1.59. The van der Waals surface area contributed by atoms with Gasteiger partial charge in [-0.2, -0.15) is 55.5 Å². The number of alkyl halides is 16. The number of rotatable bonds is 30. The zero-order valence-electron chi connectivity index (χ0n) is 72.6. The van der Waals surface area contributed by atoms with Crippen LogP contribution in [0.1, 0.15) is 252 Å². The van der Waals surface area contributed by atoms with Crippen molar-refractivity contribution < 1.29 is 132 Å². The van der Waals surface area contributed by atoms with E-state index in [4.69, 9.17) is 42.1 Å². The predicted molar refractivity (Wildman–Crippen MR) is 464 cm³/mol. The van der Waals surface area contributed by atoms with Gasteiger partial charge < -0.3 is 45.0 Å². The smallest absolute Gasteiger partial charge is 0.436 e. The van der Waals surface area contributed by atoms with Gasteiger partial charge in [-0.15, -0.1) is 0 Å². The van der Waals surface area contributed by atoms with Crippen LogP contribution >= 0.6 is 23.2 Å². The van der Waals surface area contributed by atoms with Gasteiger partial charge in [0.15, 0.2) is 28.8 Å². The van der Waals surface area contributed by atoms with E-state index in [0.29, 0.717) is 63.4 Å². The van der Waals surface area contributed by atoms with Crippen LogP contribution in [0.15, 0.2) is 188 Å². The number of ketones is 4. The minimum atomic E-state index is -4.91. The minimum Gasteiger partial charge on any atom is -0.438 e. The van der Waals surface area contributed by atoms with Crippen LogP contribution in [0, 0.1) is 0 Å². The number of carbonyl (C=O) groups is 8. The molecule has 720 valence electrons. The molecule has 8 aromatic carbocycles. The van der Waals surface area contributed by atoms with Gasteiger partial charge in [0.1, 0.15) is 68.1 Å². The summed E-state index contributed by atoms with van der Waals surface area (Å²) in [6.07, 6.45) is -20.5. The third-order valence-corrected chi connectivity index (χ3v) is 21.1. The van der Waals surface area contributed by atoms with Crippen LogP contribution < -0.4 is 45.0 Å². The Kier molecular flexibility index (Phi) is 34.6. The maximum Gasteiger partial charge on any atom is 0.436 e. The Morgan fingerprint density at radius 1 is 0.368 bits per heavy atom. The van der Waals surface area contributed by atoms with Crippen molar-refractivity contribution in [3.8, 4) is 52.3 Å². The number of aromatic nitrogens is 8. The van der Waals surface area contributed by atoms with E-state index in [0.717, 1.165) is 43.0 Å². The SMILES string of the molecule is C.CC(=O)c1ccc(C2(NC(=O)c3c(C(F)F)nn(C)c3Oc3cccc(C(F)(F)F)c3)CC2)cc1.CC(=O)c1ccc([C@H](C)NC(=O)c2c(C(F)(F)F)nn(C)c2Oc2ccc(Cl)c(Cl)c2)cc1.CC(=O)c1ccc([C@H](C)NC(=O)c2c(C(F)F)nn(C)c2Oc2cccc(C(F)F)c2)cc1.CC(=O)c1ccc([C@H](C)NC(=O)c2c(C(F)F)nn(C)c2Oc2cccc(OC(F)F)c2)cc1. The van der Waals surface area contributed by atoms with Crippen molar-refractivity contribution >= 4 is 70.0 Å². The van der Waals surface area contributed by atoms with Gasteiger partial charge in [0.2, 0.25) is 23.5 Å². The second kappa shape index (κ2) is 44.6. The standard InChI is InChI=1S/C24H20F5N3O3.C23H21F4N3O4.C23H21F4N3O3.C22H18Cl2F3N3O3.CH4/c1-13(33)14-6-8-15(9-7-14)23(10-11-23)30-21(34)18-19(20(25)26)31-32(2)22(18)35-17-5-3-4-16(12-17)24(27,28)29;1-12(14-7-9-15(10-8-14)13(2)31)28-21(32)18-19(20(24)25)29-30(3)22(18)33-16-5-4-6-17(11-16)34-23(26)27;1-12(14-7-9-15(10-8-14)13(2)31)28-22(32)18-19(21(26)27)29-30(3)23(18)33-17-6-4-5-16(11-17)20(24)25;1-11(13-4-6-14(7-5-13)12(2)31)28-20(32)18-19(22(25,26)27)29-30(3)21(18)33-15-8-9-16(23)17(24)10-15;/h3-9,12,20H,10-11H2,1-2H3,(H,30,34);4-12,20,23H,1-3H3,(H,28,32);4-12,20-21H,1-3H3,(H,28,32);4-11H,1-3H3,(H,28,32);1H4/t;2*12-;11-;/m.000./s1. The molecule has 136 heavy (non-hydrogen) atoms. The largest absolute Gasteiger partial charge is 0.438 e. The molecule has 4 aromatic heterocycles. The lowest BCUT2D eigenvalue weighted by molar-refractivity contribution is -0.142. The molecule has 25 nitrogen and oxygen atoms in total. The Morgan fingerprint density at radius 2 is 0.699 bits per heavy atom. The first-order chi connectivity index (χ1) is 63.4. The third kappa shape index (κ3) is 26.4. The summed E-state index contributed by atoms with van der Waals surface area (Å²) in [7, 11) is 5.09. The molecule has 4 heterocycles. The molecule has 0 aliphatic heterocycles. The number of halogens is 18. The molecule has 1 fully saturated rings. The van der Waals surface area contributed by atoms with Crippen LogP contribution in [-0.2, 0) is 46.1 Å². The molecule has 0 saturated heterocycles. The van der Waals surface area contributed by atoms with Crippen molar-refractivity contribution in [1.82, 2.24) is 60.4 Å². The van der Waals surface area contributed by atoms with E-state index < -0.39 is 154 Å². The van der Waals surface area contributed by atoms with Crippen LogP contribution in [0.3, 0.4) is 0 Å². The Bertz CT molecular complexity index is 6340. The van der Waals surface area contributed by atoms with Crippen LogP contribution in [0.2, 0.25) is 10.0 Å². The van der Waals surface area contributed by atoms with E-state index in [9.17, 15) is 109 Å². The Morgan fingerprint density at radius 3 is 1.05 bits per heavy atom. The fourth-order valence-electron chi connectivity index (χ4n) is 13.2. The molecule has 12 aromatic rings. The van der Waals surface area contributed by atoms with Crippen molar-refractivity contribution in [2.24, 2.45) is 28.2 Å². The number of hydrogen-bond donors (Lipinski definition) is 4. The molecule has 13 rings (SSSR count). The third-order valence-electron chi connectivity index (χ3n) is 20.3. The number of benzene rings is 8. The van der Waals surface area contributed by atoms with E-state index in [-0.39, 0.29) is 86.7 Å². The average molecular weight is 1950 g/mol. The Balaban J connectivity index is 0.000000203. The van der Waals surface area contributed by atoms with Gasteiger partial charge in [0.05, 0.1) is 39.3 Å². The van der Waals surface area contributed by atoms with E-state index in [2.05, 4.69) is 46.4 Å². The van der Waals surface area contributed by atoms with Gasteiger partial charge in [-0.1, -0.05) is 152 Å². The van der Waals surface area contributed by atoms with Crippen LogP contribution in [0.5, 0.6) is 52.3 Å². The van der Waals surface area contributed by atoms with E-state index in [1.54, 1.807) is 118 Å². The van der Waals surface area contributed by atoms with E-state index >= 15 is 0 Å². The Labute approximate surface area is 775 Å². The number of amides is 4. The van der Waals surface area contributed by atoms with Crippen molar-refractivity contribution in [1.29, 1.82) is 0 Å². The highest BCUT2D eigenvalue weighted by Crippen LogP contribution is 2.48. The number of nitrogens with zero attached hydrogens (tertiary/aromatic N) is 8. The summed E-state index contributed by atoms with van der Waals surface area (Å²) >= 11 is 11.8. The molecular weight excluding hydrogens is 1870 g/mol. The lowest BCUT2D eigenvalue weighted by Gasteiger charge is -2.19. The molecule has 0 radical (unpaired) electrons. The van der Waals surface area contributed by atoms with Crippen molar-refractivity contribution in [2.75, 3.05) is 0 Å². The summed E-state index contributed by atoms with van der Waals surface area (Å²) in [5.41, 5.74) is -3.80. The molecule has 1 aliphatic rings. The molecule has 3 atom stereocenters. The topological polar surface area (TPSA) is 302 Å². The lowest BCUT2D eigenvalue weighted by Crippen LogP contribution is -2.35. The number of nitrogens with one attached hydrogen (secondary N) is 4. The number of ether oxygens (including phenoxy) is 5. The predicted octanol–water partition coefficient (Wildman–Crippen LogP) is 23.9. The molecule has 0 spiro atoms. The fraction of sp³-hybridized carbons (Fsp3) is 0.269. The van der Waals surface area contributed by atoms with Crippen molar-refractivity contribution in [3.05, 3.63) is 299 Å². The van der Waals surface area contributed by atoms with E-state index in [1.165, 1.54) is 117 Å². The first-order valence-corrected chi connectivity index (χ1v) is 40.8. The molecule has 0 unspecified atom stereocenters. The van der Waals surface area contributed by atoms with Crippen molar-refractivity contribution in [2.45, 2.75) is 137 Å². The maximum absolute atomic E-state index is 13.7. The van der Waals surface area contributed by atoms with Crippen LogP contribution in [0.25, 0.3) is 0 Å². The number of hydrogen-bond acceptors (Lipinski definition) is 17. The summed E-state index contributed by atoms with van der Waals surface area (Å²) in [6, 6.07) is 42.1. The number of carbonyl (C=O) groups excluding carboxylic acids is 8. The monoisotopic (exact) mass is 1950 g/mol. The molecule has 4 N–H and O–H groups in total. The maximum atomic E-state index is 13.7. The molecule has 1 aliphatic carbocycles. The molecular formula is C93H84Cl2F16N12O13. The first-order valence-electron chi connectivity index (χ1n) is 40.1. The second-order valence-electron chi connectivity index (χ2n) is 30.1. The summed E-state index contributed by atoms with van der Waals surface area (Å²) in [5.74, 6) is -6.14. The van der Waals surface area contributed by atoms with Gasteiger partial charge >= 0.3 is 19.0 Å². The lowest BCUT2D eigenvalue weighted by atomic mass is 10.0. The quantitative estimate of drug-likeness (QED) is 0.0240. The highest BCUT2D eigenvalue weighted by molar-refractivity contribution is 6.42. The fourth-order valence-corrected chi connectivity index (χ4v) is 13.5. The summed E-state index contributed by atoms with van der Waals surface area (Å²) < 4.78 is 243. The first kappa shape index (κ1) is 105. The summed E-state index contributed by atoms with van der Waals surface area (Å²) in [6.45, 7) is 7.50. The van der Waals surface area contributed by atoms with Crippen molar-refractivity contribution in [3.63, 3.8) is 0 Å².